The molecule has 2 aliphatic heterocycles. The predicted molar refractivity (Wildman–Crippen MR) is 173 cm³/mol. The molecule has 9 nitrogen and oxygen atoms in total. The van der Waals surface area contributed by atoms with Crippen molar-refractivity contribution in [2.45, 2.75) is 71.1 Å². The Kier molecular flexibility index (Phi) is 10.4. The molecule has 234 valence electrons. The number of likely N-dealkylation sites (N-methyl/N-ethyl adjacent to an activating group) is 1. The van der Waals surface area contributed by atoms with E-state index in [-0.39, 0.29) is 17.9 Å². The molecular formula is C35H45N5O4. The quantitative estimate of drug-likeness (QED) is 0.286. The van der Waals surface area contributed by atoms with E-state index in [1.165, 1.54) is 0 Å². The summed E-state index contributed by atoms with van der Waals surface area (Å²) in [6.45, 7) is 10.2. The molecule has 44 heavy (non-hydrogen) atoms. The summed E-state index contributed by atoms with van der Waals surface area (Å²) in [6.07, 6.45) is 5.53. The van der Waals surface area contributed by atoms with Crippen LogP contribution < -0.4 is 25.0 Å². The van der Waals surface area contributed by atoms with Crippen LogP contribution in [-0.4, -0.2) is 73.2 Å². The number of methoxy groups -OCH3 is 1. The number of carbonyl (C=O) groups is 2. The summed E-state index contributed by atoms with van der Waals surface area (Å²) in [6, 6.07) is 17.9. The summed E-state index contributed by atoms with van der Waals surface area (Å²) in [5.74, 6) is 2.20. The van der Waals surface area contributed by atoms with Crippen molar-refractivity contribution in [3.05, 3.63) is 83.0 Å². The van der Waals surface area contributed by atoms with E-state index in [1.54, 1.807) is 13.3 Å². The fourth-order valence-corrected chi connectivity index (χ4v) is 6.55. The fraction of sp³-hybridized carbons (Fsp3) is 0.457. The molecular weight excluding hydrogens is 554 g/mol. The zero-order chi connectivity index (χ0) is 31.1. The van der Waals surface area contributed by atoms with Crippen LogP contribution in [0.15, 0.2) is 60.8 Å². The standard InChI is InChI=1S/C35H45N5O4/c1-5-39(6-2)17-18-44-30-10-7-9-25(19-30)22-37-34(41)26-13-16-33(36-23-26)40-28-14-15-29(40)21-27(20-28)38-35(42)31-11-8-12-32(43-4)24(31)3/h7-13,16,19,23,27-29H,5-6,14-15,17-18,20-22H2,1-4H3,(H,37,41)(H,38,42)/t27?,28-,29+. The molecule has 1 aromatic heterocycles. The number of carbonyl (C=O) groups excluding carboxylic acids is 2. The third kappa shape index (κ3) is 7.33. The van der Waals surface area contributed by atoms with Gasteiger partial charge in [-0.2, -0.15) is 0 Å². The lowest BCUT2D eigenvalue weighted by Gasteiger charge is -2.40. The monoisotopic (exact) mass is 599 g/mol. The van der Waals surface area contributed by atoms with E-state index in [0.29, 0.717) is 36.4 Å². The van der Waals surface area contributed by atoms with Crippen molar-refractivity contribution in [2.24, 2.45) is 0 Å². The first kappa shape index (κ1) is 31.3. The molecule has 2 aromatic carbocycles. The van der Waals surface area contributed by atoms with Gasteiger partial charge in [0.25, 0.3) is 11.8 Å². The Morgan fingerprint density at radius 2 is 1.75 bits per heavy atom. The van der Waals surface area contributed by atoms with Crippen molar-refractivity contribution >= 4 is 17.6 Å². The Morgan fingerprint density at radius 3 is 2.43 bits per heavy atom. The number of hydrogen-bond acceptors (Lipinski definition) is 7. The van der Waals surface area contributed by atoms with Crippen molar-refractivity contribution < 1.29 is 19.1 Å². The Labute approximate surface area is 260 Å². The van der Waals surface area contributed by atoms with Gasteiger partial charge in [0, 0.05) is 48.5 Å². The van der Waals surface area contributed by atoms with E-state index in [0.717, 1.165) is 73.8 Å². The summed E-state index contributed by atoms with van der Waals surface area (Å²) < 4.78 is 11.3. The number of hydrogen-bond donors (Lipinski definition) is 2. The topological polar surface area (TPSA) is 96.0 Å². The van der Waals surface area contributed by atoms with Gasteiger partial charge in [0.05, 0.1) is 12.7 Å². The number of piperidine rings is 1. The maximum Gasteiger partial charge on any atom is 0.253 e. The summed E-state index contributed by atoms with van der Waals surface area (Å²) in [5, 5.41) is 6.28. The van der Waals surface area contributed by atoms with E-state index in [2.05, 4.69) is 34.3 Å². The highest BCUT2D eigenvalue weighted by Crippen LogP contribution is 2.38. The summed E-state index contributed by atoms with van der Waals surface area (Å²) >= 11 is 0. The van der Waals surface area contributed by atoms with Gasteiger partial charge < -0.3 is 29.9 Å². The molecule has 0 aliphatic carbocycles. The first-order valence-corrected chi connectivity index (χ1v) is 15.8. The highest BCUT2D eigenvalue weighted by atomic mass is 16.5. The van der Waals surface area contributed by atoms with Crippen molar-refractivity contribution in [3.63, 3.8) is 0 Å². The van der Waals surface area contributed by atoms with Crippen LogP contribution in [0.5, 0.6) is 11.5 Å². The van der Waals surface area contributed by atoms with E-state index >= 15 is 0 Å². The van der Waals surface area contributed by atoms with Crippen LogP contribution in [-0.2, 0) is 6.54 Å². The largest absolute Gasteiger partial charge is 0.496 e. The third-order valence-electron chi connectivity index (χ3n) is 9.01. The molecule has 0 radical (unpaired) electrons. The van der Waals surface area contributed by atoms with Gasteiger partial charge in [-0.25, -0.2) is 4.98 Å². The second-order valence-electron chi connectivity index (χ2n) is 11.7. The summed E-state index contributed by atoms with van der Waals surface area (Å²) in [7, 11) is 1.62. The molecule has 0 saturated carbocycles. The number of rotatable bonds is 13. The zero-order valence-corrected chi connectivity index (χ0v) is 26.3. The van der Waals surface area contributed by atoms with E-state index in [4.69, 9.17) is 14.5 Å². The Morgan fingerprint density at radius 1 is 1.00 bits per heavy atom. The van der Waals surface area contributed by atoms with Gasteiger partial charge >= 0.3 is 0 Å². The van der Waals surface area contributed by atoms with Gasteiger partial charge in [0.15, 0.2) is 0 Å². The lowest BCUT2D eigenvalue weighted by Crippen LogP contribution is -2.50. The number of nitrogens with one attached hydrogen (secondary N) is 2. The molecule has 2 amide bonds. The molecule has 3 atom stereocenters. The van der Waals surface area contributed by atoms with Gasteiger partial charge in [-0.15, -0.1) is 0 Å². The lowest BCUT2D eigenvalue weighted by atomic mass is 9.96. The van der Waals surface area contributed by atoms with Crippen molar-refractivity contribution in [1.29, 1.82) is 0 Å². The summed E-state index contributed by atoms with van der Waals surface area (Å²) in [5.41, 5.74) is 3.02. The van der Waals surface area contributed by atoms with Gasteiger partial charge in [-0.3, -0.25) is 9.59 Å². The smallest absolute Gasteiger partial charge is 0.253 e. The fourth-order valence-electron chi connectivity index (χ4n) is 6.55. The SMILES string of the molecule is CCN(CC)CCOc1cccc(CNC(=O)c2ccc(N3[C@@H]4CC[C@H]3CC(NC(=O)c3cccc(OC)c3C)C4)nc2)c1. The zero-order valence-electron chi connectivity index (χ0n) is 26.3. The number of benzene rings is 2. The third-order valence-corrected chi connectivity index (χ3v) is 9.01. The molecule has 2 fully saturated rings. The average Bonchev–Trinajstić information content (AvgIpc) is 3.31. The van der Waals surface area contributed by atoms with Gasteiger partial charge in [-0.1, -0.05) is 32.0 Å². The number of nitrogens with zero attached hydrogens (tertiary/aromatic N) is 3. The number of aromatic nitrogens is 1. The molecule has 2 saturated heterocycles. The van der Waals surface area contributed by atoms with Crippen molar-refractivity contribution in [1.82, 2.24) is 20.5 Å². The van der Waals surface area contributed by atoms with Gasteiger partial charge in [0.1, 0.15) is 23.9 Å². The molecule has 5 rings (SSSR count). The van der Waals surface area contributed by atoms with Crippen LogP contribution in [0.1, 0.15) is 71.4 Å². The van der Waals surface area contributed by atoms with Crippen LogP contribution in [0.2, 0.25) is 0 Å². The van der Waals surface area contributed by atoms with E-state index in [1.807, 2.05) is 61.5 Å². The van der Waals surface area contributed by atoms with Gasteiger partial charge in [0.2, 0.25) is 0 Å². The first-order chi connectivity index (χ1) is 21.4. The van der Waals surface area contributed by atoms with E-state index in [9.17, 15) is 9.59 Å². The van der Waals surface area contributed by atoms with Crippen LogP contribution in [0.3, 0.4) is 0 Å². The molecule has 3 heterocycles. The minimum Gasteiger partial charge on any atom is -0.496 e. The Balaban J connectivity index is 1.13. The maximum absolute atomic E-state index is 13.1. The maximum atomic E-state index is 13.1. The number of ether oxygens (including phenoxy) is 2. The van der Waals surface area contributed by atoms with Crippen LogP contribution in [0, 0.1) is 6.92 Å². The van der Waals surface area contributed by atoms with Gasteiger partial charge in [-0.05, 0) is 87.7 Å². The number of amides is 2. The minimum absolute atomic E-state index is 0.0534. The minimum atomic E-state index is -0.158. The number of fused-ring (bicyclic) bond motifs is 2. The molecule has 2 bridgehead atoms. The molecule has 0 spiro atoms. The lowest BCUT2D eigenvalue weighted by molar-refractivity contribution is 0.0923. The number of anilines is 1. The van der Waals surface area contributed by atoms with Crippen LogP contribution >= 0.6 is 0 Å². The molecule has 2 N–H and O–H groups in total. The van der Waals surface area contributed by atoms with E-state index < -0.39 is 0 Å². The second-order valence-corrected chi connectivity index (χ2v) is 11.7. The predicted octanol–water partition coefficient (Wildman–Crippen LogP) is 4.98. The van der Waals surface area contributed by atoms with Crippen molar-refractivity contribution in [2.75, 3.05) is 38.3 Å². The molecule has 9 heteroatoms. The second kappa shape index (κ2) is 14.6. The molecule has 2 aliphatic rings. The van der Waals surface area contributed by atoms with Crippen LogP contribution in [0.4, 0.5) is 5.82 Å². The van der Waals surface area contributed by atoms with Crippen LogP contribution in [0.25, 0.3) is 0 Å². The summed E-state index contributed by atoms with van der Waals surface area (Å²) in [4.78, 5) is 35.4. The Hall–Kier alpha value is -4.11. The van der Waals surface area contributed by atoms with Crippen molar-refractivity contribution in [3.8, 4) is 11.5 Å². The Bertz CT molecular complexity index is 1410. The highest BCUT2D eigenvalue weighted by Gasteiger charge is 2.42. The molecule has 3 aromatic rings. The average molecular weight is 600 g/mol. The normalized spacial score (nSPS) is 19.1. The number of pyridine rings is 1. The molecule has 1 unspecified atom stereocenters. The first-order valence-electron chi connectivity index (χ1n) is 15.8. The highest BCUT2D eigenvalue weighted by molar-refractivity contribution is 5.96.